The van der Waals surface area contributed by atoms with Gasteiger partial charge in [0.05, 0.1) is 4.90 Å². The number of benzene rings is 1. The Kier molecular flexibility index (Phi) is 6.23. The van der Waals surface area contributed by atoms with Crippen molar-refractivity contribution in [2.45, 2.75) is 43.0 Å². The van der Waals surface area contributed by atoms with E-state index in [9.17, 15) is 13.2 Å². The van der Waals surface area contributed by atoms with Gasteiger partial charge in [0, 0.05) is 37.6 Å². The van der Waals surface area contributed by atoms with Gasteiger partial charge in [0.1, 0.15) is 0 Å². The monoisotopic (exact) mass is 387 g/mol. The summed E-state index contributed by atoms with van der Waals surface area (Å²) in [5, 5.41) is 3.00. The topological polar surface area (TPSA) is 79.4 Å². The van der Waals surface area contributed by atoms with E-state index in [1.807, 2.05) is 12.1 Å². The van der Waals surface area contributed by atoms with E-state index in [4.69, 9.17) is 0 Å². The highest BCUT2D eigenvalue weighted by atomic mass is 32.2. The molecule has 1 aliphatic carbocycles. The number of amides is 1. The molecule has 1 fully saturated rings. The quantitative estimate of drug-likeness (QED) is 0.792. The first kappa shape index (κ1) is 19.5. The number of carbonyl (C=O) groups is 1. The van der Waals surface area contributed by atoms with Gasteiger partial charge in [-0.25, -0.2) is 12.7 Å². The summed E-state index contributed by atoms with van der Waals surface area (Å²) in [7, 11) is -2.10. The van der Waals surface area contributed by atoms with E-state index >= 15 is 0 Å². The zero-order valence-electron chi connectivity index (χ0n) is 15.5. The summed E-state index contributed by atoms with van der Waals surface area (Å²) in [4.78, 5) is 16.5. The molecule has 1 amide bonds. The van der Waals surface area contributed by atoms with Crippen LogP contribution in [0.4, 0.5) is 0 Å². The van der Waals surface area contributed by atoms with Crippen molar-refractivity contribution >= 4 is 15.9 Å². The van der Waals surface area contributed by atoms with Crippen LogP contribution in [-0.4, -0.2) is 43.2 Å². The number of rotatable bonds is 7. The standard InChI is InChI=1S/C20H25N3O3S/c1-23(14-11-16-9-12-21-13-10-16)27(25,26)19-8-4-5-17(15-19)20(24)22-18-6-2-3-7-18/h4-5,8-10,12-13,15,18H,2-3,6-7,11,14H2,1H3,(H,22,24). The highest BCUT2D eigenvalue weighted by molar-refractivity contribution is 7.89. The molecule has 0 spiro atoms. The molecule has 7 heteroatoms. The van der Waals surface area contributed by atoms with Crippen LogP contribution < -0.4 is 5.32 Å². The molecular weight excluding hydrogens is 362 g/mol. The molecule has 1 aliphatic rings. The van der Waals surface area contributed by atoms with Crippen LogP contribution in [-0.2, 0) is 16.4 Å². The normalized spacial score (nSPS) is 15.2. The van der Waals surface area contributed by atoms with Crippen LogP contribution >= 0.6 is 0 Å². The third-order valence-corrected chi connectivity index (χ3v) is 6.81. The average Bonchev–Trinajstić information content (AvgIpc) is 3.20. The lowest BCUT2D eigenvalue weighted by Gasteiger charge is -2.18. The fourth-order valence-corrected chi connectivity index (χ4v) is 4.49. The Balaban J connectivity index is 1.69. The molecule has 27 heavy (non-hydrogen) atoms. The fourth-order valence-electron chi connectivity index (χ4n) is 3.27. The van der Waals surface area contributed by atoms with Crippen molar-refractivity contribution in [1.82, 2.24) is 14.6 Å². The Labute approximate surface area is 160 Å². The van der Waals surface area contributed by atoms with Crippen molar-refractivity contribution in [2.24, 2.45) is 0 Å². The van der Waals surface area contributed by atoms with Gasteiger partial charge < -0.3 is 5.32 Å². The maximum Gasteiger partial charge on any atom is 0.251 e. The lowest BCUT2D eigenvalue weighted by atomic mass is 10.2. The number of likely N-dealkylation sites (N-methyl/N-ethyl adjacent to an activating group) is 1. The molecular formula is C20H25N3O3S. The average molecular weight is 388 g/mol. The summed E-state index contributed by atoms with van der Waals surface area (Å²) in [6.07, 6.45) is 8.21. The first-order valence-electron chi connectivity index (χ1n) is 9.23. The lowest BCUT2D eigenvalue weighted by Crippen LogP contribution is -2.33. The first-order chi connectivity index (χ1) is 13.0. The van der Waals surface area contributed by atoms with Gasteiger partial charge in [-0.2, -0.15) is 0 Å². The van der Waals surface area contributed by atoms with Crippen molar-refractivity contribution in [3.8, 4) is 0 Å². The summed E-state index contributed by atoms with van der Waals surface area (Å²) in [6, 6.07) is 10.2. The maximum atomic E-state index is 12.9. The number of pyridine rings is 1. The van der Waals surface area contributed by atoms with E-state index < -0.39 is 10.0 Å². The Morgan fingerprint density at radius 1 is 1.19 bits per heavy atom. The van der Waals surface area contributed by atoms with Gasteiger partial charge in [-0.3, -0.25) is 9.78 Å². The Morgan fingerprint density at radius 2 is 1.89 bits per heavy atom. The van der Waals surface area contributed by atoms with Crippen LogP contribution in [0.2, 0.25) is 0 Å². The molecule has 1 saturated carbocycles. The molecule has 1 N–H and O–H groups in total. The Morgan fingerprint density at radius 3 is 2.59 bits per heavy atom. The van der Waals surface area contributed by atoms with Crippen molar-refractivity contribution in [1.29, 1.82) is 0 Å². The molecule has 0 aliphatic heterocycles. The third-order valence-electron chi connectivity index (χ3n) is 4.96. The minimum Gasteiger partial charge on any atom is -0.349 e. The second-order valence-corrected chi connectivity index (χ2v) is 8.96. The lowest BCUT2D eigenvalue weighted by molar-refractivity contribution is 0.0937. The predicted molar refractivity (Wildman–Crippen MR) is 104 cm³/mol. The van der Waals surface area contributed by atoms with Gasteiger partial charge in [-0.05, 0) is 55.2 Å². The summed E-state index contributed by atoms with van der Waals surface area (Å²) < 4.78 is 27.0. The van der Waals surface area contributed by atoms with Crippen molar-refractivity contribution in [3.05, 3.63) is 59.9 Å². The van der Waals surface area contributed by atoms with Gasteiger partial charge >= 0.3 is 0 Å². The molecule has 1 aromatic heterocycles. The predicted octanol–water partition coefficient (Wildman–Crippen LogP) is 2.62. The number of aromatic nitrogens is 1. The molecule has 0 bridgehead atoms. The van der Waals surface area contributed by atoms with Crippen molar-refractivity contribution < 1.29 is 13.2 Å². The van der Waals surface area contributed by atoms with Crippen LogP contribution in [0.3, 0.4) is 0 Å². The zero-order chi connectivity index (χ0) is 19.3. The molecule has 1 aromatic carbocycles. The minimum atomic E-state index is -3.65. The molecule has 144 valence electrons. The highest BCUT2D eigenvalue weighted by Gasteiger charge is 2.23. The van der Waals surface area contributed by atoms with Crippen LogP contribution in [0.15, 0.2) is 53.7 Å². The largest absolute Gasteiger partial charge is 0.349 e. The smallest absolute Gasteiger partial charge is 0.251 e. The number of nitrogens with zero attached hydrogens (tertiary/aromatic N) is 2. The number of hydrogen-bond acceptors (Lipinski definition) is 4. The van der Waals surface area contributed by atoms with E-state index in [0.717, 1.165) is 31.2 Å². The molecule has 6 nitrogen and oxygen atoms in total. The minimum absolute atomic E-state index is 0.138. The van der Waals surface area contributed by atoms with Gasteiger partial charge in [-0.1, -0.05) is 18.9 Å². The third kappa shape index (κ3) is 4.93. The molecule has 0 saturated heterocycles. The van der Waals surface area contributed by atoms with Crippen LogP contribution in [0, 0.1) is 0 Å². The molecule has 0 unspecified atom stereocenters. The second-order valence-electron chi connectivity index (χ2n) is 6.91. The second kappa shape index (κ2) is 8.63. The summed E-state index contributed by atoms with van der Waals surface area (Å²) in [5.41, 5.74) is 1.40. The molecule has 0 radical (unpaired) electrons. The summed E-state index contributed by atoms with van der Waals surface area (Å²) in [6.45, 7) is 0.352. The number of hydrogen-bond donors (Lipinski definition) is 1. The number of carbonyl (C=O) groups excluding carboxylic acids is 1. The summed E-state index contributed by atoms with van der Waals surface area (Å²) in [5.74, 6) is -0.210. The molecule has 2 aromatic rings. The van der Waals surface area contributed by atoms with E-state index in [0.29, 0.717) is 18.5 Å². The summed E-state index contributed by atoms with van der Waals surface area (Å²) >= 11 is 0. The van der Waals surface area contributed by atoms with E-state index in [1.165, 1.54) is 16.4 Å². The maximum absolute atomic E-state index is 12.9. The van der Waals surface area contributed by atoms with E-state index in [2.05, 4.69) is 10.3 Å². The van der Waals surface area contributed by atoms with Crippen LogP contribution in [0.1, 0.15) is 41.6 Å². The van der Waals surface area contributed by atoms with Gasteiger partial charge in [0.25, 0.3) is 5.91 Å². The molecule has 1 heterocycles. The van der Waals surface area contributed by atoms with Crippen LogP contribution in [0.5, 0.6) is 0 Å². The van der Waals surface area contributed by atoms with E-state index in [1.54, 1.807) is 31.6 Å². The molecule has 0 atom stereocenters. The fraction of sp³-hybridized carbons (Fsp3) is 0.400. The van der Waals surface area contributed by atoms with Crippen molar-refractivity contribution in [2.75, 3.05) is 13.6 Å². The van der Waals surface area contributed by atoms with Crippen molar-refractivity contribution in [3.63, 3.8) is 0 Å². The number of sulfonamides is 1. The van der Waals surface area contributed by atoms with E-state index in [-0.39, 0.29) is 16.8 Å². The Bertz CT molecular complexity index is 878. The van der Waals surface area contributed by atoms with Gasteiger partial charge in [0.15, 0.2) is 0 Å². The first-order valence-corrected chi connectivity index (χ1v) is 10.7. The van der Waals surface area contributed by atoms with Gasteiger partial charge in [-0.15, -0.1) is 0 Å². The van der Waals surface area contributed by atoms with Crippen LogP contribution in [0.25, 0.3) is 0 Å². The zero-order valence-corrected chi connectivity index (χ0v) is 16.3. The van der Waals surface area contributed by atoms with Gasteiger partial charge in [0.2, 0.25) is 10.0 Å². The highest BCUT2D eigenvalue weighted by Crippen LogP contribution is 2.20. The Hall–Kier alpha value is -2.25. The SMILES string of the molecule is CN(CCc1ccncc1)S(=O)(=O)c1cccc(C(=O)NC2CCCC2)c1. The number of nitrogens with one attached hydrogen (secondary N) is 1. The molecule has 3 rings (SSSR count).